The first kappa shape index (κ1) is 15.4. The fourth-order valence-electron chi connectivity index (χ4n) is 2.78. The molecule has 0 aromatic heterocycles. The van der Waals surface area contributed by atoms with Crippen LogP contribution in [0, 0.1) is 19.7 Å². The molecule has 112 valence electrons. The Morgan fingerprint density at radius 2 is 1.95 bits per heavy atom. The third-order valence-corrected chi connectivity index (χ3v) is 5.86. The second-order valence-corrected chi connectivity index (χ2v) is 7.43. The van der Waals surface area contributed by atoms with Gasteiger partial charge >= 0.3 is 0 Å². The van der Waals surface area contributed by atoms with Crippen LogP contribution in [0.3, 0.4) is 0 Å². The van der Waals surface area contributed by atoms with Crippen molar-refractivity contribution in [3.8, 4) is 0 Å². The molecular weight excluding hydrogens is 279 g/mol. The number of hydrogen-bond donors (Lipinski definition) is 1. The van der Waals surface area contributed by atoms with Gasteiger partial charge in [0.15, 0.2) is 0 Å². The molecule has 1 saturated heterocycles. The van der Waals surface area contributed by atoms with E-state index in [4.69, 9.17) is 0 Å². The van der Waals surface area contributed by atoms with Crippen molar-refractivity contribution in [2.45, 2.75) is 37.6 Å². The minimum Gasteiger partial charge on any atom is -0.313 e. The van der Waals surface area contributed by atoms with Crippen molar-refractivity contribution in [2.24, 2.45) is 0 Å². The molecule has 1 atom stereocenters. The molecule has 0 amide bonds. The van der Waals surface area contributed by atoms with Gasteiger partial charge in [-0.05, 0) is 56.5 Å². The summed E-state index contributed by atoms with van der Waals surface area (Å²) in [6.45, 7) is 4.64. The molecule has 20 heavy (non-hydrogen) atoms. The van der Waals surface area contributed by atoms with Crippen LogP contribution in [-0.2, 0) is 10.0 Å². The van der Waals surface area contributed by atoms with E-state index in [0.717, 1.165) is 19.4 Å². The summed E-state index contributed by atoms with van der Waals surface area (Å²) in [7, 11) is -2.00. The van der Waals surface area contributed by atoms with Gasteiger partial charge < -0.3 is 5.32 Å². The van der Waals surface area contributed by atoms with E-state index in [1.165, 1.54) is 16.4 Å². The molecule has 1 N–H and O–H groups in total. The zero-order chi connectivity index (χ0) is 14.9. The Kier molecular flexibility index (Phi) is 4.46. The third-order valence-electron chi connectivity index (χ3n) is 3.73. The summed E-state index contributed by atoms with van der Waals surface area (Å²) < 4.78 is 40.0. The average Bonchev–Trinajstić information content (AvgIpc) is 2.79. The fourth-order valence-corrected chi connectivity index (χ4v) is 4.40. The lowest BCUT2D eigenvalue weighted by molar-refractivity contribution is 0.417. The number of nitrogens with one attached hydrogen (secondary N) is 1. The van der Waals surface area contributed by atoms with E-state index < -0.39 is 15.8 Å². The zero-order valence-corrected chi connectivity index (χ0v) is 12.9. The number of benzene rings is 1. The Balaban J connectivity index is 2.29. The highest BCUT2D eigenvalue weighted by Crippen LogP contribution is 2.24. The quantitative estimate of drug-likeness (QED) is 0.922. The number of hydrogen-bond acceptors (Lipinski definition) is 3. The molecule has 1 fully saturated rings. The van der Waals surface area contributed by atoms with Gasteiger partial charge in [0.2, 0.25) is 10.0 Å². The zero-order valence-electron chi connectivity index (χ0n) is 12.1. The molecule has 0 radical (unpaired) electrons. The maximum Gasteiger partial charge on any atom is 0.243 e. The van der Waals surface area contributed by atoms with Crippen LogP contribution in [0.15, 0.2) is 17.0 Å². The minimum absolute atomic E-state index is 0.204. The number of halogens is 1. The van der Waals surface area contributed by atoms with Crippen molar-refractivity contribution in [3.05, 3.63) is 29.1 Å². The van der Waals surface area contributed by atoms with Crippen molar-refractivity contribution in [1.82, 2.24) is 9.62 Å². The first-order valence-electron chi connectivity index (χ1n) is 6.79. The molecule has 2 rings (SSSR count). The smallest absolute Gasteiger partial charge is 0.243 e. The summed E-state index contributed by atoms with van der Waals surface area (Å²) in [4.78, 5) is 0.222. The number of likely N-dealkylation sites (N-methyl/N-ethyl adjacent to an activating group) is 1. The topological polar surface area (TPSA) is 49.4 Å². The number of sulfonamides is 1. The molecule has 1 aliphatic heterocycles. The highest BCUT2D eigenvalue weighted by atomic mass is 32.2. The lowest BCUT2D eigenvalue weighted by Gasteiger charge is -2.23. The maximum atomic E-state index is 13.3. The summed E-state index contributed by atoms with van der Waals surface area (Å²) in [5.41, 5.74) is 0.905. The van der Waals surface area contributed by atoms with E-state index in [9.17, 15) is 12.8 Å². The summed E-state index contributed by atoms with van der Waals surface area (Å²) >= 11 is 0. The van der Waals surface area contributed by atoms with Crippen LogP contribution in [-0.4, -0.2) is 38.9 Å². The van der Waals surface area contributed by atoms with Gasteiger partial charge in [-0.1, -0.05) is 0 Å². The summed E-state index contributed by atoms with van der Waals surface area (Å²) in [5.74, 6) is -0.404. The van der Waals surface area contributed by atoms with Gasteiger partial charge in [0, 0.05) is 19.6 Å². The van der Waals surface area contributed by atoms with Crippen LogP contribution in [0.5, 0.6) is 0 Å². The van der Waals surface area contributed by atoms with E-state index in [0.29, 0.717) is 17.7 Å². The van der Waals surface area contributed by atoms with Gasteiger partial charge in [-0.2, -0.15) is 4.31 Å². The van der Waals surface area contributed by atoms with E-state index in [2.05, 4.69) is 5.32 Å². The predicted octanol–water partition coefficient (Wildman–Crippen LogP) is 1.82. The SMILES string of the molecule is Cc1cc(F)cc(C)c1S(=O)(=O)N(C)CC1CCCN1. The second-order valence-electron chi connectivity index (χ2n) is 5.45. The van der Waals surface area contributed by atoms with E-state index >= 15 is 0 Å². The second kappa shape index (κ2) is 5.79. The van der Waals surface area contributed by atoms with Crippen LogP contribution in [0.4, 0.5) is 4.39 Å². The fraction of sp³-hybridized carbons (Fsp3) is 0.571. The van der Waals surface area contributed by atoms with Crippen molar-refractivity contribution in [3.63, 3.8) is 0 Å². The number of rotatable bonds is 4. The molecule has 1 aromatic rings. The van der Waals surface area contributed by atoms with E-state index in [1.54, 1.807) is 20.9 Å². The van der Waals surface area contributed by atoms with Crippen molar-refractivity contribution >= 4 is 10.0 Å². The first-order valence-corrected chi connectivity index (χ1v) is 8.23. The Bertz CT molecular complexity index is 572. The van der Waals surface area contributed by atoms with Crippen molar-refractivity contribution < 1.29 is 12.8 Å². The summed E-state index contributed by atoms with van der Waals surface area (Å²) in [5, 5.41) is 3.28. The lowest BCUT2D eigenvalue weighted by atomic mass is 10.1. The minimum atomic E-state index is -3.58. The third kappa shape index (κ3) is 3.02. The van der Waals surface area contributed by atoms with Gasteiger partial charge in [0.1, 0.15) is 5.82 Å². The summed E-state index contributed by atoms with van der Waals surface area (Å²) in [6.07, 6.45) is 2.06. The number of aryl methyl sites for hydroxylation is 2. The normalized spacial score (nSPS) is 19.8. The molecule has 1 aromatic carbocycles. The molecule has 4 nitrogen and oxygen atoms in total. The van der Waals surface area contributed by atoms with Gasteiger partial charge in [-0.15, -0.1) is 0 Å². The highest BCUT2D eigenvalue weighted by Gasteiger charge is 2.28. The van der Waals surface area contributed by atoms with E-state index in [1.807, 2.05) is 0 Å². The molecule has 1 aliphatic rings. The van der Waals surface area contributed by atoms with Crippen LogP contribution in [0.1, 0.15) is 24.0 Å². The van der Waals surface area contributed by atoms with Gasteiger partial charge in [0.05, 0.1) is 4.90 Å². The molecule has 6 heteroatoms. The Hall–Kier alpha value is -0.980. The molecular formula is C14H21FN2O2S. The molecule has 0 aliphatic carbocycles. The molecule has 1 unspecified atom stereocenters. The van der Waals surface area contributed by atoms with Crippen molar-refractivity contribution in [1.29, 1.82) is 0 Å². The van der Waals surface area contributed by atoms with E-state index in [-0.39, 0.29) is 10.9 Å². The monoisotopic (exact) mass is 300 g/mol. The van der Waals surface area contributed by atoms with Crippen LogP contribution in [0.25, 0.3) is 0 Å². The van der Waals surface area contributed by atoms with Gasteiger partial charge in [-0.25, -0.2) is 12.8 Å². The van der Waals surface area contributed by atoms with Gasteiger partial charge in [0.25, 0.3) is 0 Å². The molecule has 0 spiro atoms. The largest absolute Gasteiger partial charge is 0.313 e. The highest BCUT2D eigenvalue weighted by molar-refractivity contribution is 7.89. The number of nitrogens with zero attached hydrogens (tertiary/aromatic N) is 1. The lowest BCUT2D eigenvalue weighted by Crippen LogP contribution is -2.39. The molecule has 0 bridgehead atoms. The van der Waals surface area contributed by atoms with Gasteiger partial charge in [-0.3, -0.25) is 0 Å². The average molecular weight is 300 g/mol. The molecule has 1 heterocycles. The van der Waals surface area contributed by atoms with Crippen molar-refractivity contribution in [2.75, 3.05) is 20.1 Å². The van der Waals surface area contributed by atoms with Crippen LogP contribution in [0.2, 0.25) is 0 Å². The Labute approximate surface area is 120 Å². The molecule has 0 saturated carbocycles. The first-order chi connectivity index (χ1) is 9.32. The Morgan fingerprint density at radius 1 is 1.35 bits per heavy atom. The maximum absolute atomic E-state index is 13.3. The predicted molar refractivity (Wildman–Crippen MR) is 76.7 cm³/mol. The standard InChI is InChI=1S/C14H21FN2O2S/c1-10-7-12(15)8-11(2)14(10)20(18,19)17(3)9-13-5-4-6-16-13/h7-8,13,16H,4-6,9H2,1-3H3. The Morgan fingerprint density at radius 3 is 2.45 bits per heavy atom. The van der Waals surface area contributed by atoms with Crippen LogP contribution >= 0.6 is 0 Å². The summed E-state index contributed by atoms with van der Waals surface area (Å²) in [6, 6.07) is 2.74. The van der Waals surface area contributed by atoms with Crippen LogP contribution < -0.4 is 5.32 Å².